The molecule has 1 fully saturated rings. The minimum absolute atomic E-state index is 0.382. The lowest BCUT2D eigenvalue weighted by Gasteiger charge is -2.24. The molecule has 1 N–H and O–H groups in total. The van der Waals surface area contributed by atoms with E-state index in [1.807, 2.05) is 7.05 Å². The summed E-state index contributed by atoms with van der Waals surface area (Å²) in [5, 5.41) is 7.77. The molecule has 2 nitrogen and oxygen atoms in total. The van der Waals surface area contributed by atoms with Crippen LogP contribution in [0.3, 0.4) is 0 Å². The maximum Gasteiger partial charge on any atom is 0.0594 e. The second-order valence-corrected chi connectivity index (χ2v) is 4.63. The van der Waals surface area contributed by atoms with Crippen molar-refractivity contribution in [3.05, 3.63) is 22.4 Å². The van der Waals surface area contributed by atoms with Crippen molar-refractivity contribution in [2.75, 3.05) is 13.7 Å². The van der Waals surface area contributed by atoms with Gasteiger partial charge in [0.25, 0.3) is 0 Å². The standard InChI is InChI=1S/C11H17NOS/c1-8-10(3-5-13-8)11(12-2)9-4-6-14-7-9/h4,6-8,10-12H,3,5H2,1-2H3. The van der Waals surface area contributed by atoms with Crippen molar-refractivity contribution in [2.45, 2.75) is 25.5 Å². The zero-order chi connectivity index (χ0) is 9.97. The Kier molecular flexibility index (Phi) is 3.21. The van der Waals surface area contributed by atoms with Gasteiger partial charge in [0.15, 0.2) is 0 Å². The first-order chi connectivity index (χ1) is 6.83. The van der Waals surface area contributed by atoms with Gasteiger partial charge in [0.1, 0.15) is 0 Å². The quantitative estimate of drug-likeness (QED) is 0.829. The summed E-state index contributed by atoms with van der Waals surface area (Å²) in [6.45, 7) is 3.09. The highest BCUT2D eigenvalue weighted by molar-refractivity contribution is 7.07. The molecule has 1 aromatic rings. The van der Waals surface area contributed by atoms with Crippen molar-refractivity contribution in [1.29, 1.82) is 0 Å². The summed E-state index contributed by atoms with van der Waals surface area (Å²) in [5.41, 5.74) is 1.40. The summed E-state index contributed by atoms with van der Waals surface area (Å²) < 4.78 is 5.61. The minimum Gasteiger partial charge on any atom is -0.378 e. The fraction of sp³-hybridized carbons (Fsp3) is 0.636. The Labute approximate surface area is 89.3 Å². The van der Waals surface area contributed by atoms with Gasteiger partial charge in [-0.3, -0.25) is 0 Å². The largest absolute Gasteiger partial charge is 0.378 e. The predicted molar refractivity (Wildman–Crippen MR) is 59.6 cm³/mol. The Morgan fingerprint density at radius 2 is 2.50 bits per heavy atom. The molecule has 0 aromatic carbocycles. The van der Waals surface area contributed by atoms with Gasteiger partial charge >= 0.3 is 0 Å². The summed E-state index contributed by atoms with van der Waals surface area (Å²) in [5.74, 6) is 0.620. The number of hydrogen-bond donors (Lipinski definition) is 1. The van der Waals surface area contributed by atoms with E-state index in [0.717, 1.165) is 6.61 Å². The highest BCUT2D eigenvalue weighted by atomic mass is 32.1. The Bertz CT molecular complexity index is 273. The Hall–Kier alpha value is -0.380. The highest BCUT2D eigenvalue weighted by Gasteiger charge is 2.31. The summed E-state index contributed by atoms with van der Waals surface area (Å²) in [4.78, 5) is 0. The van der Waals surface area contributed by atoms with Gasteiger partial charge in [-0.1, -0.05) is 0 Å². The molecule has 0 amide bonds. The number of ether oxygens (including phenoxy) is 1. The first kappa shape index (κ1) is 10.1. The molecule has 3 unspecified atom stereocenters. The van der Waals surface area contributed by atoms with Gasteiger partial charge < -0.3 is 10.1 Å². The van der Waals surface area contributed by atoms with Crippen molar-refractivity contribution in [2.24, 2.45) is 5.92 Å². The van der Waals surface area contributed by atoms with E-state index < -0.39 is 0 Å². The molecule has 14 heavy (non-hydrogen) atoms. The zero-order valence-corrected chi connectivity index (χ0v) is 9.51. The van der Waals surface area contributed by atoms with E-state index in [2.05, 4.69) is 29.1 Å². The molecule has 3 heteroatoms. The van der Waals surface area contributed by atoms with Crippen molar-refractivity contribution < 1.29 is 4.74 Å². The number of nitrogens with one attached hydrogen (secondary N) is 1. The van der Waals surface area contributed by atoms with E-state index in [1.165, 1.54) is 12.0 Å². The van der Waals surface area contributed by atoms with Crippen LogP contribution in [0.2, 0.25) is 0 Å². The maximum atomic E-state index is 5.61. The molecule has 1 aliphatic heterocycles. The topological polar surface area (TPSA) is 21.3 Å². The SMILES string of the molecule is CNC(c1ccsc1)C1CCOC1C. The van der Waals surface area contributed by atoms with E-state index in [-0.39, 0.29) is 0 Å². The summed E-state index contributed by atoms with van der Waals surface area (Å²) >= 11 is 1.76. The van der Waals surface area contributed by atoms with Gasteiger partial charge in [-0.15, -0.1) is 0 Å². The third kappa shape index (κ3) is 1.85. The highest BCUT2D eigenvalue weighted by Crippen LogP contribution is 2.33. The first-order valence-electron chi connectivity index (χ1n) is 5.14. The van der Waals surface area contributed by atoms with Crippen molar-refractivity contribution in [3.63, 3.8) is 0 Å². The van der Waals surface area contributed by atoms with Crippen LogP contribution < -0.4 is 5.32 Å². The average Bonchev–Trinajstić information content (AvgIpc) is 2.80. The fourth-order valence-electron chi connectivity index (χ4n) is 2.27. The molecule has 2 heterocycles. The number of hydrogen-bond acceptors (Lipinski definition) is 3. The summed E-state index contributed by atoms with van der Waals surface area (Å²) in [7, 11) is 2.04. The summed E-state index contributed by atoms with van der Waals surface area (Å²) in [6.07, 6.45) is 1.55. The normalized spacial score (nSPS) is 29.3. The third-order valence-corrected chi connectivity index (χ3v) is 3.78. The lowest BCUT2D eigenvalue weighted by molar-refractivity contribution is 0.0963. The fourth-order valence-corrected chi connectivity index (χ4v) is 2.96. The van der Waals surface area contributed by atoms with Gasteiger partial charge in [0.05, 0.1) is 6.10 Å². The average molecular weight is 211 g/mol. The molecule has 0 bridgehead atoms. The van der Waals surface area contributed by atoms with Crippen LogP contribution in [0, 0.1) is 5.92 Å². The van der Waals surface area contributed by atoms with Crippen LogP contribution in [0.25, 0.3) is 0 Å². The monoisotopic (exact) mass is 211 g/mol. The van der Waals surface area contributed by atoms with E-state index in [0.29, 0.717) is 18.1 Å². The molecule has 1 saturated heterocycles. The van der Waals surface area contributed by atoms with Gasteiger partial charge in [-0.25, -0.2) is 0 Å². The Morgan fingerprint density at radius 3 is 3.00 bits per heavy atom. The van der Waals surface area contributed by atoms with E-state index in [9.17, 15) is 0 Å². The van der Waals surface area contributed by atoms with Crippen LogP contribution >= 0.6 is 11.3 Å². The van der Waals surface area contributed by atoms with Crippen molar-refractivity contribution in [3.8, 4) is 0 Å². The lowest BCUT2D eigenvalue weighted by atomic mass is 9.90. The van der Waals surface area contributed by atoms with Crippen LogP contribution in [-0.2, 0) is 4.74 Å². The molecule has 0 saturated carbocycles. The molecule has 1 aromatic heterocycles. The molecule has 0 spiro atoms. The Balaban J connectivity index is 2.13. The van der Waals surface area contributed by atoms with Crippen LogP contribution in [-0.4, -0.2) is 19.8 Å². The van der Waals surface area contributed by atoms with Crippen molar-refractivity contribution >= 4 is 11.3 Å². The zero-order valence-electron chi connectivity index (χ0n) is 8.69. The van der Waals surface area contributed by atoms with Crippen LogP contribution in [0.15, 0.2) is 16.8 Å². The predicted octanol–water partition coefficient (Wildman–Crippen LogP) is 2.43. The Morgan fingerprint density at radius 1 is 1.64 bits per heavy atom. The van der Waals surface area contributed by atoms with E-state index >= 15 is 0 Å². The van der Waals surface area contributed by atoms with Crippen LogP contribution in [0.5, 0.6) is 0 Å². The molecule has 3 atom stereocenters. The van der Waals surface area contributed by atoms with Gasteiger partial charge in [-0.2, -0.15) is 11.3 Å². The first-order valence-corrected chi connectivity index (χ1v) is 6.08. The molecule has 1 aliphatic rings. The molecular weight excluding hydrogens is 194 g/mol. The smallest absolute Gasteiger partial charge is 0.0594 e. The second-order valence-electron chi connectivity index (χ2n) is 3.85. The third-order valence-electron chi connectivity index (χ3n) is 3.08. The lowest BCUT2D eigenvalue weighted by Crippen LogP contribution is -2.29. The van der Waals surface area contributed by atoms with Crippen LogP contribution in [0.4, 0.5) is 0 Å². The number of thiophene rings is 1. The van der Waals surface area contributed by atoms with Gasteiger partial charge in [0.2, 0.25) is 0 Å². The maximum absolute atomic E-state index is 5.61. The van der Waals surface area contributed by atoms with E-state index in [4.69, 9.17) is 4.74 Å². The number of rotatable bonds is 3. The minimum atomic E-state index is 0.382. The summed E-state index contributed by atoms with van der Waals surface area (Å²) in [6, 6.07) is 2.66. The van der Waals surface area contributed by atoms with Crippen LogP contribution in [0.1, 0.15) is 24.9 Å². The van der Waals surface area contributed by atoms with Gasteiger partial charge in [-0.05, 0) is 42.8 Å². The molecule has 0 radical (unpaired) electrons. The molecule has 0 aliphatic carbocycles. The van der Waals surface area contributed by atoms with Gasteiger partial charge in [0, 0.05) is 18.6 Å². The van der Waals surface area contributed by atoms with Crippen molar-refractivity contribution in [1.82, 2.24) is 5.32 Å². The second kappa shape index (κ2) is 4.43. The molecule has 78 valence electrons. The van der Waals surface area contributed by atoms with E-state index in [1.54, 1.807) is 11.3 Å². The molecule has 2 rings (SSSR count). The molecular formula is C11H17NOS.